The fourth-order valence-corrected chi connectivity index (χ4v) is 7.02. The van der Waals surface area contributed by atoms with Crippen molar-refractivity contribution in [2.75, 3.05) is 72.5 Å². The summed E-state index contributed by atoms with van der Waals surface area (Å²) in [5, 5.41) is 3.74. The molecule has 2 fully saturated rings. The predicted molar refractivity (Wildman–Crippen MR) is 226 cm³/mol. The molecule has 4 aromatic rings. The van der Waals surface area contributed by atoms with E-state index >= 15 is 0 Å². The van der Waals surface area contributed by atoms with Gasteiger partial charge in [0.1, 0.15) is 0 Å². The quantitative estimate of drug-likeness (QED) is 0.180. The molecule has 0 saturated carbocycles. The van der Waals surface area contributed by atoms with Crippen LogP contribution in [0.25, 0.3) is 23.6 Å². The molecule has 52 heavy (non-hydrogen) atoms. The summed E-state index contributed by atoms with van der Waals surface area (Å²) in [6.45, 7) is 32.4. The second kappa shape index (κ2) is 22.4. The fraction of sp³-hybridized carbons (Fsp3) is 0.500. The highest BCUT2D eigenvalue weighted by Gasteiger charge is 2.21. The van der Waals surface area contributed by atoms with E-state index in [-0.39, 0.29) is 5.91 Å². The lowest BCUT2D eigenvalue weighted by atomic mass is 10.0. The summed E-state index contributed by atoms with van der Waals surface area (Å²) in [4.78, 5) is 22.4. The highest BCUT2D eigenvalue weighted by molar-refractivity contribution is 5.94. The molecule has 0 N–H and O–H groups in total. The number of fused-ring (bicyclic) bond motifs is 1. The molecule has 6 heteroatoms. The van der Waals surface area contributed by atoms with Gasteiger partial charge >= 0.3 is 0 Å². The Hall–Kier alpha value is -3.71. The first-order chi connectivity index (χ1) is 25.3. The van der Waals surface area contributed by atoms with Crippen molar-refractivity contribution in [3.05, 3.63) is 105 Å². The first-order valence-corrected chi connectivity index (χ1v) is 20.1. The van der Waals surface area contributed by atoms with Crippen LogP contribution in [0.1, 0.15) is 87.1 Å². The van der Waals surface area contributed by atoms with Crippen LogP contribution in [0, 0.1) is 13.8 Å². The van der Waals surface area contributed by atoms with Crippen LogP contribution in [-0.4, -0.2) is 103 Å². The first-order valence-electron chi connectivity index (χ1n) is 20.1. The van der Waals surface area contributed by atoms with E-state index in [0.717, 1.165) is 62.9 Å². The number of aromatic nitrogens is 1. The van der Waals surface area contributed by atoms with Gasteiger partial charge in [0.15, 0.2) is 0 Å². The predicted octanol–water partition coefficient (Wildman–Crippen LogP) is 7.60. The number of likely N-dealkylation sites (N-methyl/N-ethyl adjacent to an activating group) is 2. The minimum Gasteiger partial charge on any atom is -0.345 e. The molecule has 2 aliphatic heterocycles. The molecule has 0 atom stereocenters. The second-order valence-corrected chi connectivity index (χ2v) is 13.6. The Morgan fingerprint density at radius 1 is 0.750 bits per heavy atom. The van der Waals surface area contributed by atoms with Gasteiger partial charge in [0, 0.05) is 81.1 Å². The zero-order valence-corrected chi connectivity index (χ0v) is 34.2. The van der Waals surface area contributed by atoms with E-state index in [0.29, 0.717) is 0 Å². The van der Waals surface area contributed by atoms with E-state index in [4.69, 9.17) is 0 Å². The first kappa shape index (κ1) is 42.7. The van der Waals surface area contributed by atoms with Gasteiger partial charge in [-0.15, -0.1) is 0 Å². The molecule has 0 unspecified atom stereocenters. The third-order valence-corrected chi connectivity index (χ3v) is 10.4. The number of carbonyl (C=O) groups excluding carboxylic acids is 1. The van der Waals surface area contributed by atoms with Crippen LogP contribution in [0.4, 0.5) is 0 Å². The van der Waals surface area contributed by atoms with Crippen LogP contribution in [0.3, 0.4) is 0 Å². The maximum atomic E-state index is 13.0. The molecule has 0 radical (unpaired) electrons. The molecule has 3 heterocycles. The Bertz CT molecular complexity index is 1740. The molecular weight excluding hydrogens is 639 g/mol. The van der Waals surface area contributed by atoms with Crippen molar-refractivity contribution in [1.82, 2.24) is 24.2 Å². The molecule has 1 amide bonds. The van der Waals surface area contributed by atoms with Gasteiger partial charge in [0.2, 0.25) is 0 Å². The minimum absolute atomic E-state index is 0.161. The van der Waals surface area contributed by atoms with Crippen LogP contribution in [-0.2, 0) is 13.0 Å². The lowest BCUT2D eigenvalue weighted by Crippen LogP contribution is -2.48. The summed E-state index contributed by atoms with van der Waals surface area (Å²) < 4.78 is 2.52. The Kier molecular flexibility index (Phi) is 18.4. The van der Waals surface area contributed by atoms with Crippen molar-refractivity contribution in [2.45, 2.75) is 81.2 Å². The fourth-order valence-electron chi connectivity index (χ4n) is 7.02. The Labute approximate surface area is 316 Å². The SMILES string of the molecule is C=c1cccc/c1=C/CC.CC.CC.CCN1CCN(C(=O)c2ccc(Cc3ccc4c(c3)c(C)c(C)n4CCCN3CCN(C)CC3)cc2)CC1. The average Bonchev–Trinajstić information content (AvgIpc) is 3.42. The molecular formula is C46H69N5O. The number of hydrogen-bond acceptors (Lipinski definition) is 4. The van der Waals surface area contributed by atoms with Crippen molar-refractivity contribution >= 4 is 29.5 Å². The lowest BCUT2D eigenvalue weighted by molar-refractivity contribution is 0.0643. The van der Waals surface area contributed by atoms with Crippen LogP contribution in [0.5, 0.6) is 0 Å². The third kappa shape index (κ3) is 11.9. The summed E-state index contributed by atoms with van der Waals surface area (Å²) in [6.07, 6.45) is 5.33. The van der Waals surface area contributed by atoms with Crippen molar-refractivity contribution in [2.24, 2.45) is 0 Å². The van der Waals surface area contributed by atoms with Gasteiger partial charge in [0.05, 0.1) is 0 Å². The molecule has 284 valence electrons. The van der Waals surface area contributed by atoms with E-state index in [1.165, 1.54) is 77.7 Å². The van der Waals surface area contributed by atoms with Crippen LogP contribution >= 0.6 is 0 Å². The van der Waals surface area contributed by atoms with E-state index in [9.17, 15) is 4.79 Å². The number of nitrogens with zero attached hydrogens (tertiary/aromatic N) is 5. The number of carbonyl (C=O) groups is 1. The van der Waals surface area contributed by atoms with Gasteiger partial charge in [-0.1, -0.05) is 96.7 Å². The number of amides is 1. The largest absolute Gasteiger partial charge is 0.345 e. The molecule has 3 aromatic carbocycles. The zero-order valence-electron chi connectivity index (χ0n) is 34.2. The minimum atomic E-state index is 0.161. The van der Waals surface area contributed by atoms with Crippen molar-refractivity contribution < 1.29 is 4.79 Å². The van der Waals surface area contributed by atoms with Gasteiger partial charge in [-0.2, -0.15) is 0 Å². The molecule has 2 aliphatic rings. The topological polar surface area (TPSA) is 35.0 Å². The highest BCUT2D eigenvalue weighted by atomic mass is 16.2. The highest BCUT2D eigenvalue weighted by Crippen LogP contribution is 2.28. The van der Waals surface area contributed by atoms with Crippen LogP contribution in [0.2, 0.25) is 0 Å². The normalized spacial score (nSPS) is 15.6. The van der Waals surface area contributed by atoms with Crippen molar-refractivity contribution in [3.63, 3.8) is 0 Å². The number of piperazine rings is 2. The molecule has 0 aliphatic carbocycles. The Balaban J connectivity index is 0.000000443. The van der Waals surface area contributed by atoms with Gasteiger partial charge < -0.3 is 24.2 Å². The van der Waals surface area contributed by atoms with E-state index < -0.39 is 0 Å². The second-order valence-electron chi connectivity index (χ2n) is 13.6. The number of rotatable bonds is 9. The maximum Gasteiger partial charge on any atom is 0.253 e. The number of hydrogen-bond donors (Lipinski definition) is 0. The van der Waals surface area contributed by atoms with Gasteiger partial charge in [-0.25, -0.2) is 0 Å². The summed E-state index contributed by atoms with van der Waals surface area (Å²) in [5.41, 5.74) is 7.51. The summed E-state index contributed by atoms with van der Waals surface area (Å²) in [6, 6.07) is 23.4. The van der Waals surface area contributed by atoms with Gasteiger partial charge in [0.25, 0.3) is 5.91 Å². The van der Waals surface area contributed by atoms with E-state index in [2.05, 4.69) is 103 Å². The summed E-state index contributed by atoms with van der Waals surface area (Å²) in [5.74, 6) is 0.161. The lowest BCUT2D eigenvalue weighted by Gasteiger charge is -2.34. The molecule has 6 nitrogen and oxygen atoms in total. The monoisotopic (exact) mass is 708 g/mol. The third-order valence-electron chi connectivity index (χ3n) is 10.4. The molecule has 6 rings (SSSR count). The summed E-state index contributed by atoms with van der Waals surface area (Å²) >= 11 is 0. The van der Waals surface area contributed by atoms with Crippen molar-refractivity contribution in [1.29, 1.82) is 0 Å². The molecule has 0 bridgehead atoms. The Morgan fingerprint density at radius 3 is 1.98 bits per heavy atom. The maximum absolute atomic E-state index is 13.0. The molecule has 1 aromatic heterocycles. The molecule has 2 saturated heterocycles. The van der Waals surface area contributed by atoms with Gasteiger partial charge in [-0.05, 0) is 105 Å². The number of aryl methyl sites for hydroxylation is 2. The van der Waals surface area contributed by atoms with E-state index in [1.54, 1.807) is 0 Å². The molecule has 0 spiro atoms. The standard InChI is InChI=1S/C32H45N5O.C10H12.2C2H6/c1-5-34-19-21-36(22-20-34)32(38)29-10-7-27(8-11-29)23-28-9-12-31-30(24-28)25(2)26(3)37(31)14-6-13-35-17-15-33(4)16-18-35;1-3-6-10-8-5-4-7-9(10)2;2*1-2/h7-12,24H,5-6,13-23H2,1-4H3;4-8H,2-3H2,1H3;2*1-2H3/b;10-6-;;. The van der Waals surface area contributed by atoms with Crippen LogP contribution < -0.4 is 10.4 Å². The van der Waals surface area contributed by atoms with Crippen LogP contribution in [0.15, 0.2) is 66.7 Å². The number of benzene rings is 3. The van der Waals surface area contributed by atoms with Crippen molar-refractivity contribution in [3.8, 4) is 0 Å². The Morgan fingerprint density at radius 2 is 1.37 bits per heavy atom. The summed E-state index contributed by atoms with van der Waals surface area (Å²) in [7, 11) is 2.22. The average molecular weight is 708 g/mol. The smallest absolute Gasteiger partial charge is 0.253 e. The van der Waals surface area contributed by atoms with E-state index in [1.807, 2.05) is 62.9 Å². The zero-order chi connectivity index (χ0) is 38.0. The van der Waals surface area contributed by atoms with Gasteiger partial charge in [-0.3, -0.25) is 4.79 Å².